The lowest BCUT2D eigenvalue weighted by Gasteiger charge is -2.13. The van der Waals surface area contributed by atoms with E-state index in [9.17, 15) is 5.11 Å². The predicted octanol–water partition coefficient (Wildman–Crippen LogP) is 2.80. The van der Waals surface area contributed by atoms with Crippen molar-refractivity contribution in [3.05, 3.63) is 53.9 Å². The molecule has 0 saturated carbocycles. The Hall–Kier alpha value is -1.52. The number of rotatable bonds is 4. The number of aliphatic hydroxyl groups is 1. The minimum absolute atomic E-state index is 0.570. The van der Waals surface area contributed by atoms with Gasteiger partial charge < -0.3 is 10.8 Å². The molecule has 2 rings (SSSR count). The minimum atomic E-state index is -0.594. The quantitative estimate of drug-likeness (QED) is 0.830. The number of aliphatic hydroxyl groups excluding tert-OH is 1. The number of hydrogen-bond acceptors (Lipinski definition) is 4. The zero-order valence-electron chi connectivity index (χ0n) is 10.2. The Balaban J connectivity index is 2.03. The highest BCUT2D eigenvalue weighted by molar-refractivity contribution is 7.99. The fourth-order valence-corrected chi connectivity index (χ4v) is 2.66. The molecule has 0 aliphatic heterocycles. The molecule has 94 valence electrons. The molecule has 0 bridgehead atoms. The maximum atomic E-state index is 10.1. The van der Waals surface area contributed by atoms with Gasteiger partial charge in [-0.1, -0.05) is 18.2 Å². The molecule has 3 nitrogen and oxygen atoms in total. The number of nitrogens with zero attached hydrogens (tertiary/aromatic N) is 1. The topological polar surface area (TPSA) is 59.1 Å². The highest BCUT2D eigenvalue weighted by Crippen LogP contribution is 2.28. The summed E-state index contributed by atoms with van der Waals surface area (Å²) < 4.78 is 0. The summed E-state index contributed by atoms with van der Waals surface area (Å²) in [7, 11) is 0. The highest BCUT2D eigenvalue weighted by Gasteiger charge is 2.12. The van der Waals surface area contributed by atoms with Crippen LogP contribution in [0, 0.1) is 6.92 Å². The fraction of sp³-hybridized carbons (Fsp3) is 0.214. The molecule has 1 unspecified atom stereocenters. The molecule has 0 fully saturated rings. The number of benzene rings is 1. The molecule has 0 aliphatic carbocycles. The number of anilines is 1. The van der Waals surface area contributed by atoms with Crippen LogP contribution in [-0.4, -0.2) is 15.8 Å². The first-order valence-electron chi connectivity index (χ1n) is 5.74. The molecule has 4 heteroatoms. The third-order valence-corrected chi connectivity index (χ3v) is 3.99. The number of thioether (sulfide) groups is 1. The van der Waals surface area contributed by atoms with Crippen molar-refractivity contribution in [1.82, 2.24) is 4.98 Å². The van der Waals surface area contributed by atoms with Crippen LogP contribution < -0.4 is 5.73 Å². The Labute approximate surface area is 111 Å². The summed E-state index contributed by atoms with van der Waals surface area (Å²) >= 11 is 1.63. The van der Waals surface area contributed by atoms with Crippen LogP contribution in [0.2, 0.25) is 0 Å². The molecule has 18 heavy (non-hydrogen) atoms. The molecule has 0 spiro atoms. The van der Waals surface area contributed by atoms with Crippen LogP contribution in [0.15, 0.2) is 47.6 Å². The summed E-state index contributed by atoms with van der Waals surface area (Å²) in [5, 5.41) is 10.1. The number of pyridine rings is 1. The van der Waals surface area contributed by atoms with Crippen LogP contribution in [-0.2, 0) is 0 Å². The van der Waals surface area contributed by atoms with Crippen LogP contribution in [0.3, 0.4) is 0 Å². The molecule has 1 aromatic carbocycles. The summed E-state index contributed by atoms with van der Waals surface area (Å²) in [5.41, 5.74) is 8.31. The Morgan fingerprint density at radius 2 is 2.11 bits per heavy atom. The largest absolute Gasteiger partial charge is 0.398 e. The average molecular weight is 260 g/mol. The van der Waals surface area contributed by atoms with Crippen LogP contribution in [0.1, 0.15) is 17.2 Å². The standard InChI is InChI=1S/C14H16N2OS/c1-10-4-2-3-5-14(10)18-9-13(17)11-8-16-7-6-12(11)15/h2-8,13,17H,9H2,1H3,(H2,15,16). The maximum absolute atomic E-state index is 10.1. The second kappa shape index (κ2) is 5.89. The van der Waals surface area contributed by atoms with Gasteiger partial charge in [0.1, 0.15) is 0 Å². The van der Waals surface area contributed by atoms with Crippen LogP contribution in [0.5, 0.6) is 0 Å². The van der Waals surface area contributed by atoms with Gasteiger partial charge in [-0.05, 0) is 24.6 Å². The second-order valence-electron chi connectivity index (χ2n) is 4.10. The van der Waals surface area contributed by atoms with Crippen molar-refractivity contribution in [3.63, 3.8) is 0 Å². The molecular formula is C14H16N2OS. The molecule has 0 amide bonds. The maximum Gasteiger partial charge on any atom is 0.0918 e. The van der Waals surface area contributed by atoms with E-state index in [1.807, 2.05) is 12.1 Å². The van der Waals surface area contributed by atoms with Gasteiger partial charge in [-0.25, -0.2) is 0 Å². The van der Waals surface area contributed by atoms with Gasteiger partial charge in [0.05, 0.1) is 6.10 Å². The van der Waals surface area contributed by atoms with E-state index in [1.165, 1.54) is 10.5 Å². The lowest BCUT2D eigenvalue weighted by atomic mass is 10.1. The lowest BCUT2D eigenvalue weighted by Crippen LogP contribution is -2.05. The van der Waals surface area contributed by atoms with Crippen molar-refractivity contribution in [2.24, 2.45) is 0 Å². The van der Waals surface area contributed by atoms with Gasteiger partial charge in [0.2, 0.25) is 0 Å². The molecule has 1 atom stereocenters. The first-order chi connectivity index (χ1) is 8.68. The smallest absolute Gasteiger partial charge is 0.0918 e. The van der Waals surface area contributed by atoms with Gasteiger partial charge >= 0.3 is 0 Å². The monoisotopic (exact) mass is 260 g/mol. The van der Waals surface area contributed by atoms with Crippen molar-refractivity contribution in [3.8, 4) is 0 Å². The van der Waals surface area contributed by atoms with Crippen LogP contribution in [0.4, 0.5) is 5.69 Å². The van der Waals surface area contributed by atoms with E-state index in [0.29, 0.717) is 17.0 Å². The second-order valence-corrected chi connectivity index (χ2v) is 5.16. The number of aromatic nitrogens is 1. The van der Waals surface area contributed by atoms with Crippen molar-refractivity contribution in [2.75, 3.05) is 11.5 Å². The summed E-state index contributed by atoms with van der Waals surface area (Å²) in [4.78, 5) is 5.17. The van der Waals surface area contributed by atoms with E-state index in [4.69, 9.17) is 5.73 Å². The van der Waals surface area contributed by atoms with Crippen molar-refractivity contribution >= 4 is 17.4 Å². The van der Waals surface area contributed by atoms with Gasteiger partial charge in [0, 0.05) is 34.3 Å². The van der Waals surface area contributed by atoms with Gasteiger partial charge in [-0.2, -0.15) is 0 Å². The third-order valence-electron chi connectivity index (χ3n) is 2.74. The predicted molar refractivity (Wildman–Crippen MR) is 75.5 cm³/mol. The van der Waals surface area contributed by atoms with Crippen molar-refractivity contribution < 1.29 is 5.11 Å². The molecule has 0 aliphatic rings. The summed E-state index contributed by atoms with van der Waals surface area (Å²) in [6.07, 6.45) is 2.65. The summed E-state index contributed by atoms with van der Waals surface area (Å²) in [5.74, 6) is 0.570. The van der Waals surface area contributed by atoms with E-state index in [-0.39, 0.29) is 0 Å². The number of nitrogens with two attached hydrogens (primary N) is 1. The van der Waals surface area contributed by atoms with E-state index >= 15 is 0 Å². The van der Waals surface area contributed by atoms with E-state index in [2.05, 4.69) is 24.0 Å². The highest BCUT2D eigenvalue weighted by atomic mass is 32.2. The van der Waals surface area contributed by atoms with Crippen molar-refractivity contribution in [2.45, 2.75) is 17.9 Å². The fourth-order valence-electron chi connectivity index (χ4n) is 1.67. The molecule has 0 radical (unpaired) electrons. The van der Waals surface area contributed by atoms with E-state index in [1.54, 1.807) is 30.2 Å². The zero-order valence-corrected chi connectivity index (χ0v) is 11.0. The van der Waals surface area contributed by atoms with Crippen molar-refractivity contribution in [1.29, 1.82) is 0 Å². The normalized spacial score (nSPS) is 12.3. The Kier molecular flexibility index (Phi) is 4.23. The zero-order chi connectivity index (χ0) is 13.0. The van der Waals surface area contributed by atoms with Crippen LogP contribution in [0.25, 0.3) is 0 Å². The summed E-state index contributed by atoms with van der Waals surface area (Å²) in [6.45, 7) is 2.06. The van der Waals surface area contributed by atoms with Gasteiger partial charge in [0.15, 0.2) is 0 Å². The molecular weight excluding hydrogens is 244 g/mol. The van der Waals surface area contributed by atoms with E-state index in [0.717, 1.165) is 0 Å². The Bertz CT molecular complexity index is 531. The average Bonchev–Trinajstić information content (AvgIpc) is 2.38. The summed E-state index contributed by atoms with van der Waals surface area (Å²) in [6, 6.07) is 9.83. The van der Waals surface area contributed by atoms with Crippen LogP contribution >= 0.6 is 11.8 Å². The van der Waals surface area contributed by atoms with E-state index < -0.39 is 6.10 Å². The minimum Gasteiger partial charge on any atom is -0.398 e. The van der Waals surface area contributed by atoms with Gasteiger partial charge in [-0.15, -0.1) is 11.8 Å². The molecule has 0 saturated heterocycles. The number of aryl methyl sites for hydroxylation is 1. The Morgan fingerprint density at radius 1 is 1.33 bits per heavy atom. The first kappa shape index (κ1) is 12.9. The molecule has 1 aromatic heterocycles. The molecule has 2 aromatic rings. The molecule has 3 N–H and O–H groups in total. The SMILES string of the molecule is Cc1ccccc1SCC(O)c1cnccc1N. The number of hydrogen-bond donors (Lipinski definition) is 2. The number of nitrogen functional groups attached to an aromatic ring is 1. The third kappa shape index (κ3) is 3.03. The van der Waals surface area contributed by atoms with Gasteiger partial charge in [0.25, 0.3) is 0 Å². The lowest BCUT2D eigenvalue weighted by molar-refractivity contribution is 0.204. The van der Waals surface area contributed by atoms with Gasteiger partial charge in [-0.3, -0.25) is 4.98 Å². The molecule has 1 heterocycles. The first-order valence-corrected chi connectivity index (χ1v) is 6.73. The Morgan fingerprint density at radius 3 is 2.83 bits per heavy atom.